The molecule has 1 heterocycles. The number of carbonyl (C=O) groups excluding carboxylic acids is 4. The van der Waals surface area contributed by atoms with Crippen LogP contribution in [0.2, 0.25) is 0 Å². The molecule has 2 aromatic carbocycles. The first kappa shape index (κ1) is 24.1. The van der Waals surface area contributed by atoms with Crippen molar-refractivity contribution < 1.29 is 38.1 Å². The zero-order chi connectivity index (χ0) is 24.8. The zero-order valence-electron chi connectivity index (χ0n) is 18.8. The lowest BCUT2D eigenvalue weighted by Gasteiger charge is -2.09. The van der Waals surface area contributed by atoms with Gasteiger partial charge in [-0.15, -0.1) is 0 Å². The summed E-state index contributed by atoms with van der Waals surface area (Å²) in [6, 6.07) is 8.75. The van der Waals surface area contributed by atoms with Gasteiger partial charge in [0.15, 0.2) is 5.82 Å². The third-order valence-corrected chi connectivity index (χ3v) is 4.79. The SMILES string of the molecule is COC(=O)c1cc(C(=O)OC)cc(-c2cnc(-c3cc(C(=O)OC)cc(C(=O)OC)c3)nc2)c1. The Labute approximate surface area is 194 Å². The van der Waals surface area contributed by atoms with Gasteiger partial charge < -0.3 is 18.9 Å². The Morgan fingerprint density at radius 3 is 1.15 bits per heavy atom. The summed E-state index contributed by atoms with van der Waals surface area (Å²) in [6.45, 7) is 0. The van der Waals surface area contributed by atoms with Crippen molar-refractivity contribution >= 4 is 23.9 Å². The second kappa shape index (κ2) is 10.3. The molecular weight excluding hydrogens is 444 g/mol. The summed E-state index contributed by atoms with van der Waals surface area (Å²) in [6.07, 6.45) is 2.95. The lowest BCUT2D eigenvalue weighted by Crippen LogP contribution is -2.08. The molecule has 10 nitrogen and oxygen atoms in total. The van der Waals surface area contributed by atoms with Crippen LogP contribution in [0.4, 0.5) is 0 Å². The van der Waals surface area contributed by atoms with E-state index in [0.29, 0.717) is 16.7 Å². The van der Waals surface area contributed by atoms with Crippen LogP contribution in [-0.2, 0) is 18.9 Å². The molecule has 0 atom stereocenters. The Morgan fingerprint density at radius 2 is 0.824 bits per heavy atom. The minimum atomic E-state index is -0.640. The third-order valence-electron chi connectivity index (χ3n) is 4.79. The summed E-state index contributed by atoms with van der Waals surface area (Å²) in [5.41, 5.74) is 1.91. The Morgan fingerprint density at radius 1 is 0.500 bits per heavy atom. The minimum Gasteiger partial charge on any atom is -0.465 e. The minimum absolute atomic E-state index is 0.126. The molecule has 0 fully saturated rings. The molecule has 0 bridgehead atoms. The van der Waals surface area contributed by atoms with Crippen LogP contribution >= 0.6 is 0 Å². The lowest BCUT2D eigenvalue weighted by molar-refractivity contribution is 0.0581. The number of esters is 4. The molecule has 0 unspecified atom stereocenters. The van der Waals surface area contributed by atoms with Crippen molar-refractivity contribution in [3.05, 3.63) is 71.0 Å². The maximum atomic E-state index is 12.0. The summed E-state index contributed by atoms with van der Waals surface area (Å²) in [7, 11) is 4.91. The van der Waals surface area contributed by atoms with Gasteiger partial charge in [-0.2, -0.15) is 0 Å². The van der Waals surface area contributed by atoms with E-state index in [1.54, 1.807) is 0 Å². The molecule has 3 aromatic rings. The normalized spacial score (nSPS) is 10.2. The molecule has 0 N–H and O–H groups in total. The van der Waals surface area contributed by atoms with Gasteiger partial charge in [-0.1, -0.05) is 0 Å². The standard InChI is InChI=1S/C24H20N2O8/c1-31-21(27)15-5-13(6-16(9-15)22(28)32-2)19-11-25-20(26-12-19)14-7-17(23(29)33-3)10-18(8-14)24(30)34-4/h5-12H,1-4H3. The number of hydrogen-bond acceptors (Lipinski definition) is 10. The van der Waals surface area contributed by atoms with E-state index in [1.807, 2.05) is 0 Å². The van der Waals surface area contributed by atoms with Crippen molar-refractivity contribution in [2.75, 3.05) is 28.4 Å². The molecular formula is C24H20N2O8. The van der Waals surface area contributed by atoms with Crippen molar-refractivity contribution in [2.24, 2.45) is 0 Å². The van der Waals surface area contributed by atoms with Crippen LogP contribution in [0.3, 0.4) is 0 Å². The molecule has 174 valence electrons. The zero-order valence-corrected chi connectivity index (χ0v) is 18.8. The van der Waals surface area contributed by atoms with Gasteiger partial charge in [0.25, 0.3) is 0 Å². The summed E-state index contributed by atoms with van der Waals surface area (Å²) in [5.74, 6) is -2.31. The number of aromatic nitrogens is 2. The fourth-order valence-electron chi connectivity index (χ4n) is 3.12. The average molecular weight is 464 g/mol. The van der Waals surface area contributed by atoms with Gasteiger partial charge in [-0.25, -0.2) is 29.1 Å². The van der Waals surface area contributed by atoms with Gasteiger partial charge in [-0.3, -0.25) is 0 Å². The number of nitrogens with zero attached hydrogens (tertiary/aromatic N) is 2. The number of methoxy groups -OCH3 is 4. The first-order valence-electron chi connectivity index (χ1n) is 9.77. The van der Waals surface area contributed by atoms with E-state index in [-0.39, 0.29) is 28.1 Å². The highest BCUT2D eigenvalue weighted by atomic mass is 16.5. The number of benzene rings is 2. The van der Waals surface area contributed by atoms with E-state index in [2.05, 4.69) is 9.97 Å². The number of rotatable bonds is 6. The van der Waals surface area contributed by atoms with E-state index < -0.39 is 23.9 Å². The van der Waals surface area contributed by atoms with Crippen LogP contribution in [-0.4, -0.2) is 62.3 Å². The molecule has 0 saturated carbocycles. The molecule has 0 radical (unpaired) electrons. The van der Waals surface area contributed by atoms with Gasteiger partial charge in [0.2, 0.25) is 0 Å². The first-order valence-corrected chi connectivity index (χ1v) is 9.77. The quantitative estimate of drug-likeness (QED) is 0.396. The largest absolute Gasteiger partial charge is 0.465 e. The van der Waals surface area contributed by atoms with Gasteiger partial charge in [-0.05, 0) is 42.0 Å². The van der Waals surface area contributed by atoms with Crippen molar-refractivity contribution in [1.29, 1.82) is 0 Å². The molecule has 34 heavy (non-hydrogen) atoms. The van der Waals surface area contributed by atoms with Gasteiger partial charge in [0, 0.05) is 23.5 Å². The maximum absolute atomic E-state index is 12.0. The van der Waals surface area contributed by atoms with Crippen molar-refractivity contribution in [3.8, 4) is 22.5 Å². The molecule has 0 spiro atoms. The second-order valence-electron chi connectivity index (χ2n) is 6.86. The lowest BCUT2D eigenvalue weighted by atomic mass is 10.0. The Bertz CT molecular complexity index is 1100. The van der Waals surface area contributed by atoms with Crippen molar-refractivity contribution in [3.63, 3.8) is 0 Å². The van der Waals surface area contributed by atoms with Crippen LogP contribution in [0.15, 0.2) is 48.8 Å². The Balaban J connectivity index is 2.06. The third kappa shape index (κ3) is 5.07. The van der Waals surface area contributed by atoms with E-state index in [4.69, 9.17) is 18.9 Å². The average Bonchev–Trinajstić information content (AvgIpc) is 2.90. The van der Waals surface area contributed by atoms with Gasteiger partial charge in [0.05, 0.1) is 50.7 Å². The summed E-state index contributed by atoms with van der Waals surface area (Å²) >= 11 is 0. The highest BCUT2D eigenvalue weighted by Crippen LogP contribution is 2.25. The number of hydrogen-bond donors (Lipinski definition) is 0. The molecule has 10 heteroatoms. The van der Waals surface area contributed by atoms with Gasteiger partial charge in [0.1, 0.15) is 0 Å². The Hall–Kier alpha value is -4.60. The van der Waals surface area contributed by atoms with Crippen molar-refractivity contribution in [2.45, 2.75) is 0 Å². The van der Waals surface area contributed by atoms with E-state index >= 15 is 0 Å². The van der Waals surface area contributed by atoms with Crippen LogP contribution < -0.4 is 0 Å². The molecule has 0 aliphatic carbocycles. The second-order valence-corrected chi connectivity index (χ2v) is 6.86. The number of ether oxygens (including phenoxy) is 4. The molecule has 3 rings (SSSR count). The predicted octanol–water partition coefficient (Wildman–Crippen LogP) is 2.96. The van der Waals surface area contributed by atoms with Crippen LogP contribution in [0, 0.1) is 0 Å². The topological polar surface area (TPSA) is 131 Å². The molecule has 0 amide bonds. The monoisotopic (exact) mass is 464 g/mol. The van der Waals surface area contributed by atoms with Gasteiger partial charge >= 0.3 is 23.9 Å². The highest BCUT2D eigenvalue weighted by Gasteiger charge is 2.17. The fraction of sp³-hybridized carbons (Fsp3) is 0.167. The van der Waals surface area contributed by atoms with Crippen LogP contribution in [0.25, 0.3) is 22.5 Å². The highest BCUT2D eigenvalue weighted by molar-refractivity contribution is 5.98. The molecule has 0 aliphatic rings. The number of carbonyl (C=O) groups is 4. The molecule has 0 aliphatic heterocycles. The Kier molecular flexibility index (Phi) is 7.32. The predicted molar refractivity (Wildman–Crippen MR) is 118 cm³/mol. The van der Waals surface area contributed by atoms with Crippen LogP contribution in [0.1, 0.15) is 41.4 Å². The summed E-state index contributed by atoms with van der Waals surface area (Å²) in [4.78, 5) is 56.8. The maximum Gasteiger partial charge on any atom is 0.337 e. The first-order chi connectivity index (χ1) is 16.3. The van der Waals surface area contributed by atoms with E-state index in [0.717, 1.165) is 0 Å². The smallest absolute Gasteiger partial charge is 0.337 e. The van der Waals surface area contributed by atoms with Crippen molar-refractivity contribution in [1.82, 2.24) is 9.97 Å². The molecule has 0 saturated heterocycles. The van der Waals surface area contributed by atoms with E-state index in [1.165, 1.54) is 77.2 Å². The van der Waals surface area contributed by atoms with E-state index in [9.17, 15) is 19.2 Å². The summed E-state index contributed by atoms with van der Waals surface area (Å²) < 4.78 is 19.0. The fourth-order valence-corrected chi connectivity index (χ4v) is 3.12. The summed E-state index contributed by atoms with van der Waals surface area (Å²) in [5, 5.41) is 0. The van der Waals surface area contributed by atoms with Crippen LogP contribution in [0.5, 0.6) is 0 Å². The molecule has 1 aromatic heterocycles.